The molecule has 2 atom stereocenters. The molecule has 1 saturated carbocycles. The maximum atomic E-state index is 12.5. The van der Waals surface area contributed by atoms with E-state index < -0.39 is 30.3 Å². The molecule has 1 fully saturated rings. The van der Waals surface area contributed by atoms with E-state index >= 15 is 0 Å². The van der Waals surface area contributed by atoms with Crippen molar-refractivity contribution in [1.82, 2.24) is 4.90 Å². The van der Waals surface area contributed by atoms with Crippen LogP contribution in [-0.4, -0.2) is 48.3 Å². The van der Waals surface area contributed by atoms with Gasteiger partial charge in [0.1, 0.15) is 5.54 Å². The van der Waals surface area contributed by atoms with Crippen molar-refractivity contribution >= 4 is 5.97 Å². The third-order valence-electron chi connectivity index (χ3n) is 3.32. The van der Waals surface area contributed by atoms with E-state index in [1.165, 1.54) is 18.9 Å². The van der Waals surface area contributed by atoms with E-state index in [2.05, 4.69) is 4.74 Å². The zero-order chi connectivity index (χ0) is 14.8. The molecule has 1 rings (SSSR count). The number of nitrogens with two attached hydrogens (primary N) is 1. The number of ether oxygens (including phenoxy) is 1. The van der Waals surface area contributed by atoms with Gasteiger partial charge < -0.3 is 10.5 Å². The Morgan fingerprint density at radius 3 is 2.37 bits per heavy atom. The van der Waals surface area contributed by atoms with Crippen LogP contribution in [0.15, 0.2) is 0 Å². The van der Waals surface area contributed by atoms with Crippen molar-refractivity contribution < 1.29 is 22.7 Å². The van der Waals surface area contributed by atoms with Gasteiger partial charge in [0.2, 0.25) is 0 Å². The van der Waals surface area contributed by atoms with Gasteiger partial charge in [0.25, 0.3) is 0 Å². The summed E-state index contributed by atoms with van der Waals surface area (Å²) in [7, 11) is 1.21. The standard InChI is InChI=1S/C12H21F3N2O2/c1-8(6-11(2,16)10(18)19-3)17(9-4-5-9)7-12(13,14)15/h8-9H,4-7,16H2,1-3H3. The monoisotopic (exact) mass is 282 g/mol. The highest BCUT2D eigenvalue weighted by atomic mass is 19.4. The van der Waals surface area contributed by atoms with Gasteiger partial charge in [-0.15, -0.1) is 0 Å². The molecule has 0 saturated heterocycles. The summed E-state index contributed by atoms with van der Waals surface area (Å²) in [5, 5.41) is 0. The van der Waals surface area contributed by atoms with Crippen molar-refractivity contribution in [1.29, 1.82) is 0 Å². The molecule has 1 aliphatic carbocycles. The molecule has 0 bridgehead atoms. The summed E-state index contributed by atoms with van der Waals surface area (Å²) in [6.07, 6.45) is -2.58. The fourth-order valence-electron chi connectivity index (χ4n) is 2.31. The molecule has 19 heavy (non-hydrogen) atoms. The third kappa shape index (κ3) is 4.99. The summed E-state index contributed by atoms with van der Waals surface area (Å²) >= 11 is 0. The Morgan fingerprint density at radius 2 is 2.00 bits per heavy atom. The van der Waals surface area contributed by atoms with Crippen molar-refractivity contribution in [2.75, 3.05) is 13.7 Å². The van der Waals surface area contributed by atoms with E-state index in [1.54, 1.807) is 6.92 Å². The van der Waals surface area contributed by atoms with Gasteiger partial charge in [0.15, 0.2) is 0 Å². The van der Waals surface area contributed by atoms with Crippen LogP contribution in [0.1, 0.15) is 33.1 Å². The lowest BCUT2D eigenvalue weighted by Crippen LogP contribution is -2.52. The van der Waals surface area contributed by atoms with E-state index in [-0.39, 0.29) is 12.5 Å². The van der Waals surface area contributed by atoms with Crippen LogP contribution >= 0.6 is 0 Å². The zero-order valence-corrected chi connectivity index (χ0v) is 11.5. The van der Waals surface area contributed by atoms with Crippen molar-refractivity contribution in [2.24, 2.45) is 5.73 Å². The molecule has 0 aromatic carbocycles. The molecule has 0 amide bonds. The number of carbonyl (C=O) groups is 1. The lowest BCUT2D eigenvalue weighted by molar-refractivity contribution is -0.154. The van der Waals surface area contributed by atoms with Gasteiger partial charge in [-0.25, -0.2) is 0 Å². The normalized spacial score (nSPS) is 21.1. The number of carbonyl (C=O) groups excluding carboxylic acids is 1. The fourth-order valence-corrected chi connectivity index (χ4v) is 2.31. The molecule has 4 nitrogen and oxygen atoms in total. The molecule has 112 valence electrons. The Balaban J connectivity index is 2.67. The second-order valence-corrected chi connectivity index (χ2v) is 5.48. The predicted octanol–water partition coefficient (Wildman–Crippen LogP) is 1.68. The van der Waals surface area contributed by atoms with Gasteiger partial charge in [0.05, 0.1) is 13.7 Å². The van der Waals surface area contributed by atoms with E-state index in [0.29, 0.717) is 0 Å². The quantitative estimate of drug-likeness (QED) is 0.753. The fraction of sp³-hybridized carbons (Fsp3) is 0.917. The first-order valence-electron chi connectivity index (χ1n) is 6.26. The van der Waals surface area contributed by atoms with Crippen LogP contribution in [0.5, 0.6) is 0 Å². The maximum absolute atomic E-state index is 12.5. The minimum absolute atomic E-state index is 0.0509. The molecule has 0 spiro atoms. The Labute approximate surface area is 111 Å². The van der Waals surface area contributed by atoms with E-state index in [9.17, 15) is 18.0 Å². The Kier molecular flexibility index (Phi) is 4.84. The smallest absolute Gasteiger partial charge is 0.401 e. The van der Waals surface area contributed by atoms with Crippen LogP contribution in [0.25, 0.3) is 0 Å². The molecule has 0 aliphatic heterocycles. The van der Waals surface area contributed by atoms with Crippen LogP contribution in [0.2, 0.25) is 0 Å². The van der Waals surface area contributed by atoms with Crippen molar-refractivity contribution in [3.8, 4) is 0 Å². The van der Waals surface area contributed by atoms with Crippen LogP contribution in [0.3, 0.4) is 0 Å². The molecular formula is C12H21F3N2O2. The summed E-state index contributed by atoms with van der Waals surface area (Å²) in [6.45, 7) is 2.18. The van der Waals surface area contributed by atoms with Gasteiger partial charge in [-0.3, -0.25) is 9.69 Å². The second-order valence-electron chi connectivity index (χ2n) is 5.48. The first kappa shape index (κ1) is 16.2. The minimum atomic E-state index is -4.24. The summed E-state index contributed by atoms with van der Waals surface area (Å²) in [5.41, 5.74) is 4.54. The molecule has 1 aliphatic rings. The number of hydrogen-bond donors (Lipinski definition) is 1. The molecule has 2 unspecified atom stereocenters. The van der Waals surface area contributed by atoms with Crippen LogP contribution in [0, 0.1) is 0 Å². The van der Waals surface area contributed by atoms with Gasteiger partial charge >= 0.3 is 12.1 Å². The van der Waals surface area contributed by atoms with Gasteiger partial charge in [0, 0.05) is 12.1 Å². The van der Waals surface area contributed by atoms with Gasteiger partial charge in [-0.1, -0.05) is 0 Å². The SMILES string of the molecule is COC(=O)C(C)(N)CC(C)N(CC(F)(F)F)C1CC1. The first-order valence-corrected chi connectivity index (χ1v) is 6.26. The average Bonchev–Trinajstić information content (AvgIpc) is 3.06. The minimum Gasteiger partial charge on any atom is -0.468 e. The maximum Gasteiger partial charge on any atom is 0.401 e. The first-order chi connectivity index (χ1) is 8.57. The molecule has 0 radical (unpaired) electrons. The predicted molar refractivity (Wildman–Crippen MR) is 64.5 cm³/mol. The Morgan fingerprint density at radius 1 is 1.47 bits per heavy atom. The number of rotatable bonds is 6. The topological polar surface area (TPSA) is 55.6 Å². The molecule has 2 N–H and O–H groups in total. The molecular weight excluding hydrogens is 261 g/mol. The molecule has 0 aromatic heterocycles. The lowest BCUT2D eigenvalue weighted by atomic mass is 9.94. The Bertz CT molecular complexity index is 327. The van der Waals surface area contributed by atoms with Crippen LogP contribution in [0.4, 0.5) is 13.2 Å². The number of methoxy groups -OCH3 is 1. The lowest BCUT2D eigenvalue weighted by Gasteiger charge is -2.34. The number of esters is 1. The highest BCUT2D eigenvalue weighted by molar-refractivity contribution is 5.79. The molecule has 7 heteroatoms. The zero-order valence-electron chi connectivity index (χ0n) is 11.5. The van der Waals surface area contributed by atoms with Crippen molar-refractivity contribution in [3.05, 3.63) is 0 Å². The third-order valence-corrected chi connectivity index (χ3v) is 3.32. The van der Waals surface area contributed by atoms with Gasteiger partial charge in [-0.05, 0) is 33.1 Å². The second kappa shape index (κ2) is 5.66. The number of alkyl halides is 3. The van der Waals surface area contributed by atoms with Gasteiger partial charge in [-0.2, -0.15) is 13.2 Å². The largest absolute Gasteiger partial charge is 0.468 e. The summed E-state index contributed by atoms with van der Waals surface area (Å²) < 4.78 is 42.2. The molecule has 0 aromatic rings. The van der Waals surface area contributed by atoms with Crippen molar-refractivity contribution in [3.63, 3.8) is 0 Å². The molecule has 0 heterocycles. The summed E-state index contributed by atoms with van der Waals surface area (Å²) in [6, 6.07) is -0.478. The number of nitrogens with zero attached hydrogens (tertiary/aromatic N) is 1. The van der Waals surface area contributed by atoms with E-state index in [4.69, 9.17) is 5.73 Å². The van der Waals surface area contributed by atoms with Crippen LogP contribution in [-0.2, 0) is 9.53 Å². The van der Waals surface area contributed by atoms with Crippen LogP contribution < -0.4 is 5.73 Å². The number of hydrogen-bond acceptors (Lipinski definition) is 4. The highest BCUT2D eigenvalue weighted by Crippen LogP contribution is 2.33. The Hall–Kier alpha value is -0.820. The number of halogens is 3. The average molecular weight is 282 g/mol. The summed E-state index contributed by atoms with van der Waals surface area (Å²) in [5.74, 6) is -0.609. The van der Waals surface area contributed by atoms with Crippen molar-refractivity contribution in [2.45, 2.75) is 56.9 Å². The van der Waals surface area contributed by atoms with E-state index in [0.717, 1.165) is 12.8 Å². The van der Waals surface area contributed by atoms with E-state index in [1.807, 2.05) is 0 Å². The highest BCUT2D eigenvalue weighted by Gasteiger charge is 2.42. The summed E-state index contributed by atoms with van der Waals surface area (Å²) in [4.78, 5) is 12.9.